The maximum absolute atomic E-state index is 13.0. The Balaban J connectivity index is 2.14. The zero-order valence-electron chi connectivity index (χ0n) is 12.2. The number of rotatable bonds is 4. The summed E-state index contributed by atoms with van der Waals surface area (Å²) in [6.07, 6.45) is -0.626. The molecular weight excluding hydrogens is 313 g/mol. The van der Waals surface area contributed by atoms with E-state index in [0.29, 0.717) is 11.3 Å². The number of esters is 1. The molecule has 1 saturated heterocycles. The molecule has 1 atom stereocenters. The van der Waals surface area contributed by atoms with Gasteiger partial charge in [0.25, 0.3) is 0 Å². The van der Waals surface area contributed by atoms with Crippen LogP contribution in [0.4, 0.5) is 9.57 Å². The van der Waals surface area contributed by atoms with Crippen molar-refractivity contribution in [3.63, 3.8) is 0 Å². The summed E-state index contributed by atoms with van der Waals surface area (Å²) in [7, 11) is -4.75. The summed E-state index contributed by atoms with van der Waals surface area (Å²) in [5.74, 6) is -0.956. The van der Waals surface area contributed by atoms with Gasteiger partial charge in [-0.15, -0.1) is 3.89 Å². The molecule has 1 aliphatic heterocycles. The zero-order valence-corrected chi connectivity index (χ0v) is 13.0. The van der Waals surface area contributed by atoms with Crippen molar-refractivity contribution in [2.75, 3.05) is 11.4 Å². The second kappa shape index (κ2) is 6.04. The fourth-order valence-corrected chi connectivity index (χ4v) is 2.84. The minimum Gasteiger partial charge on any atom is -0.459 e. The fourth-order valence-electron chi connectivity index (χ4n) is 2.17. The molecule has 22 heavy (non-hydrogen) atoms. The third-order valence-electron chi connectivity index (χ3n) is 3.25. The first kappa shape index (κ1) is 16.4. The van der Waals surface area contributed by atoms with Crippen molar-refractivity contribution in [3.05, 3.63) is 29.8 Å². The highest BCUT2D eigenvalue weighted by molar-refractivity contribution is 7.87. The van der Waals surface area contributed by atoms with Gasteiger partial charge in [-0.2, -0.15) is 8.42 Å². The quantitative estimate of drug-likeness (QED) is 0.620. The highest BCUT2D eigenvalue weighted by Gasteiger charge is 2.39. The number of halogens is 1. The van der Waals surface area contributed by atoms with E-state index in [1.165, 1.54) is 29.2 Å². The van der Waals surface area contributed by atoms with Gasteiger partial charge in [-0.1, -0.05) is 0 Å². The second-order valence-corrected chi connectivity index (χ2v) is 6.92. The third kappa shape index (κ3) is 3.62. The minimum atomic E-state index is -4.75. The van der Waals surface area contributed by atoms with Gasteiger partial charge in [-0.05, 0) is 38.1 Å². The van der Waals surface area contributed by atoms with E-state index in [-0.39, 0.29) is 19.1 Å². The van der Waals surface area contributed by atoms with E-state index in [0.717, 1.165) is 0 Å². The normalized spacial score (nSPS) is 18.8. The van der Waals surface area contributed by atoms with Crippen LogP contribution in [0.5, 0.6) is 0 Å². The molecule has 0 saturated carbocycles. The lowest BCUT2D eigenvalue weighted by molar-refractivity contribution is -0.117. The molecule has 1 unspecified atom stereocenters. The van der Waals surface area contributed by atoms with Crippen molar-refractivity contribution in [1.29, 1.82) is 0 Å². The fraction of sp³-hybridized carbons (Fsp3) is 0.429. The summed E-state index contributed by atoms with van der Waals surface area (Å²) in [5.41, 5.74) is 0.732. The first-order chi connectivity index (χ1) is 10.2. The van der Waals surface area contributed by atoms with E-state index in [2.05, 4.69) is 0 Å². The molecule has 1 fully saturated rings. The number of hydrogen-bond acceptors (Lipinski definition) is 5. The number of amides is 1. The van der Waals surface area contributed by atoms with Crippen LogP contribution in [0.2, 0.25) is 0 Å². The molecule has 0 aliphatic carbocycles. The summed E-state index contributed by atoms with van der Waals surface area (Å²) < 4.78 is 39.8. The Morgan fingerprint density at radius 2 is 1.91 bits per heavy atom. The predicted molar refractivity (Wildman–Crippen MR) is 77.8 cm³/mol. The number of benzene rings is 1. The van der Waals surface area contributed by atoms with E-state index < -0.39 is 27.3 Å². The molecule has 120 valence electrons. The second-order valence-electron chi connectivity index (χ2n) is 5.31. The van der Waals surface area contributed by atoms with Crippen molar-refractivity contribution in [2.24, 2.45) is 0 Å². The van der Waals surface area contributed by atoms with Gasteiger partial charge in [0.1, 0.15) is 5.25 Å². The van der Waals surface area contributed by atoms with Crippen LogP contribution in [0.15, 0.2) is 24.3 Å². The van der Waals surface area contributed by atoms with Crippen LogP contribution in [0.25, 0.3) is 0 Å². The van der Waals surface area contributed by atoms with Crippen molar-refractivity contribution in [1.82, 2.24) is 0 Å². The van der Waals surface area contributed by atoms with Gasteiger partial charge >= 0.3 is 16.2 Å². The van der Waals surface area contributed by atoms with E-state index in [9.17, 15) is 21.9 Å². The Morgan fingerprint density at radius 3 is 2.36 bits per heavy atom. The first-order valence-corrected chi connectivity index (χ1v) is 8.18. The Kier molecular flexibility index (Phi) is 4.50. The molecule has 0 radical (unpaired) electrons. The van der Waals surface area contributed by atoms with Crippen molar-refractivity contribution in [2.45, 2.75) is 31.6 Å². The number of nitrogens with zero attached hydrogens (tertiary/aromatic N) is 1. The molecule has 1 heterocycles. The van der Waals surface area contributed by atoms with Gasteiger partial charge in [0.05, 0.1) is 11.7 Å². The summed E-state index contributed by atoms with van der Waals surface area (Å²) in [6, 6.07) is 5.96. The van der Waals surface area contributed by atoms with Gasteiger partial charge in [-0.3, -0.25) is 4.79 Å². The van der Waals surface area contributed by atoms with Crippen molar-refractivity contribution < 1.29 is 26.6 Å². The minimum absolute atomic E-state index is 0.229. The molecule has 2 rings (SSSR count). The van der Waals surface area contributed by atoms with Crippen LogP contribution in [-0.2, 0) is 19.8 Å². The maximum Gasteiger partial charge on any atom is 0.338 e. The topological polar surface area (TPSA) is 80.8 Å². The SMILES string of the molecule is CC(C)OC(=O)c1ccc(N2CC(S(=O)(=O)F)CC2=O)cc1. The van der Waals surface area contributed by atoms with Gasteiger partial charge < -0.3 is 9.64 Å². The summed E-state index contributed by atoms with van der Waals surface area (Å²) >= 11 is 0. The highest BCUT2D eigenvalue weighted by atomic mass is 32.3. The molecule has 1 aliphatic rings. The van der Waals surface area contributed by atoms with Crippen LogP contribution < -0.4 is 4.90 Å². The van der Waals surface area contributed by atoms with Crippen LogP contribution >= 0.6 is 0 Å². The standard InChI is InChI=1S/C14H16FNO5S/c1-9(2)21-14(18)10-3-5-11(6-4-10)16-8-12(7-13(16)17)22(15,19)20/h3-6,9,12H,7-8H2,1-2H3. The lowest BCUT2D eigenvalue weighted by atomic mass is 10.2. The molecule has 0 N–H and O–H groups in total. The molecule has 1 aromatic carbocycles. The average Bonchev–Trinajstić information content (AvgIpc) is 2.80. The van der Waals surface area contributed by atoms with E-state index >= 15 is 0 Å². The lowest BCUT2D eigenvalue weighted by Gasteiger charge is -2.16. The van der Waals surface area contributed by atoms with Crippen LogP contribution in [0, 0.1) is 0 Å². The molecule has 0 aromatic heterocycles. The Bertz CT molecular complexity index is 684. The third-order valence-corrected chi connectivity index (χ3v) is 4.36. The molecule has 0 spiro atoms. The van der Waals surface area contributed by atoms with Gasteiger partial charge in [0.15, 0.2) is 0 Å². The van der Waals surface area contributed by atoms with E-state index in [1.807, 2.05) is 0 Å². The van der Waals surface area contributed by atoms with Crippen LogP contribution in [0.3, 0.4) is 0 Å². The van der Waals surface area contributed by atoms with E-state index in [4.69, 9.17) is 4.74 Å². The molecule has 1 aromatic rings. The number of carbonyl (C=O) groups excluding carboxylic acids is 2. The number of anilines is 1. The highest BCUT2D eigenvalue weighted by Crippen LogP contribution is 2.26. The summed E-state index contributed by atoms with van der Waals surface area (Å²) in [6.45, 7) is 3.23. The van der Waals surface area contributed by atoms with Crippen LogP contribution in [0.1, 0.15) is 30.6 Å². The van der Waals surface area contributed by atoms with E-state index in [1.54, 1.807) is 13.8 Å². The molecule has 8 heteroatoms. The summed E-state index contributed by atoms with van der Waals surface area (Å²) in [4.78, 5) is 24.7. The number of carbonyl (C=O) groups is 2. The smallest absolute Gasteiger partial charge is 0.338 e. The maximum atomic E-state index is 13.0. The number of ether oxygens (including phenoxy) is 1. The number of hydrogen-bond donors (Lipinski definition) is 0. The predicted octanol–water partition coefficient (Wildman–Crippen LogP) is 1.66. The summed E-state index contributed by atoms with van der Waals surface area (Å²) in [5, 5.41) is -1.34. The zero-order chi connectivity index (χ0) is 16.5. The lowest BCUT2D eigenvalue weighted by Crippen LogP contribution is -2.26. The molecular formula is C14H16FNO5S. The van der Waals surface area contributed by atoms with Crippen LogP contribution in [-0.4, -0.2) is 38.2 Å². The van der Waals surface area contributed by atoms with Crippen molar-refractivity contribution >= 4 is 27.8 Å². The van der Waals surface area contributed by atoms with Gasteiger partial charge in [-0.25, -0.2) is 4.79 Å². The average molecular weight is 329 g/mol. The monoisotopic (exact) mass is 329 g/mol. The first-order valence-electron chi connectivity index (χ1n) is 6.73. The largest absolute Gasteiger partial charge is 0.459 e. The molecule has 1 amide bonds. The van der Waals surface area contributed by atoms with Crippen molar-refractivity contribution in [3.8, 4) is 0 Å². The Morgan fingerprint density at radius 1 is 1.32 bits per heavy atom. The molecule has 0 bridgehead atoms. The van der Waals surface area contributed by atoms with Gasteiger partial charge in [0.2, 0.25) is 5.91 Å². The molecule has 6 nitrogen and oxygen atoms in total. The van der Waals surface area contributed by atoms with Gasteiger partial charge in [0, 0.05) is 18.7 Å². The Hall–Kier alpha value is -1.96. The Labute approximate surface area is 128 Å².